The minimum Gasteiger partial charge on any atom is -0.379 e. The van der Waals surface area contributed by atoms with E-state index in [1.807, 2.05) is 6.92 Å². The Hall–Kier alpha value is -2.21. The first-order chi connectivity index (χ1) is 14.8. The van der Waals surface area contributed by atoms with Crippen molar-refractivity contribution in [3.63, 3.8) is 0 Å². The summed E-state index contributed by atoms with van der Waals surface area (Å²) in [5.74, 6) is -0.301. The lowest BCUT2D eigenvalue weighted by atomic mass is 10.2. The summed E-state index contributed by atoms with van der Waals surface area (Å²) in [6.07, 6.45) is 1.55. The molecular weight excluding hydrogens is 440 g/mol. The third-order valence-corrected chi connectivity index (χ3v) is 7.59. The van der Waals surface area contributed by atoms with E-state index in [-0.39, 0.29) is 22.1 Å². The van der Waals surface area contributed by atoms with Crippen molar-refractivity contribution in [2.24, 2.45) is 0 Å². The van der Waals surface area contributed by atoms with E-state index in [4.69, 9.17) is 4.74 Å². The molecule has 11 heteroatoms. The van der Waals surface area contributed by atoms with Gasteiger partial charge in [0.15, 0.2) is 5.16 Å². The van der Waals surface area contributed by atoms with Gasteiger partial charge in [0.2, 0.25) is 15.9 Å². The third kappa shape index (κ3) is 6.16. The van der Waals surface area contributed by atoms with Crippen molar-refractivity contribution >= 4 is 33.4 Å². The van der Waals surface area contributed by atoms with Crippen LogP contribution in [0.5, 0.6) is 0 Å². The lowest BCUT2D eigenvalue weighted by Gasteiger charge is -2.26. The fraction of sp³-hybridized carbons (Fsp3) is 0.450. The van der Waals surface area contributed by atoms with Crippen molar-refractivity contribution < 1.29 is 17.9 Å². The maximum absolute atomic E-state index is 13.0. The standard InChI is InChI=1S/C20H26N4O5S2/c1-3-4-15-12-18(25)23-20(22-15)30-13-19(26)21-16-6-5-14(2)17(11-16)31(27,28)24-7-9-29-10-8-24/h5-6,11-12H,3-4,7-10,13H2,1-2H3,(H,21,26)(H,22,23,25). The zero-order chi connectivity index (χ0) is 22.4. The van der Waals surface area contributed by atoms with Crippen LogP contribution in [0.2, 0.25) is 0 Å². The van der Waals surface area contributed by atoms with Crippen molar-refractivity contribution in [1.29, 1.82) is 0 Å². The highest BCUT2D eigenvalue weighted by molar-refractivity contribution is 7.99. The quantitative estimate of drug-likeness (QED) is 0.449. The van der Waals surface area contributed by atoms with Gasteiger partial charge in [0.05, 0.1) is 23.9 Å². The van der Waals surface area contributed by atoms with Gasteiger partial charge in [-0.1, -0.05) is 31.2 Å². The predicted octanol–water partition coefficient (Wildman–Crippen LogP) is 1.78. The van der Waals surface area contributed by atoms with Gasteiger partial charge in [0, 0.05) is 30.5 Å². The molecule has 0 aliphatic carbocycles. The van der Waals surface area contributed by atoms with Crippen LogP contribution in [0.3, 0.4) is 0 Å². The smallest absolute Gasteiger partial charge is 0.251 e. The van der Waals surface area contributed by atoms with E-state index >= 15 is 0 Å². The van der Waals surface area contributed by atoms with Crippen LogP contribution >= 0.6 is 11.8 Å². The third-order valence-electron chi connectivity index (χ3n) is 4.68. The average Bonchev–Trinajstić information content (AvgIpc) is 2.74. The first-order valence-electron chi connectivity index (χ1n) is 10.0. The maximum atomic E-state index is 13.0. The average molecular weight is 467 g/mol. The summed E-state index contributed by atoms with van der Waals surface area (Å²) in [7, 11) is -3.67. The number of anilines is 1. The minimum absolute atomic E-state index is 0.0257. The number of carbonyl (C=O) groups is 1. The molecule has 168 valence electrons. The van der Waals surface area contributed by atoms with E-state index < -0.39 is 10.0 Å². The summed E-state index contributed by atoms with van der Waals surface area (Å²) in [6, 6.07) is 6.27. The molecular formula is C20H26N4O5S2. The molecule has 0 saturated carbocycles. The Labute approximate surface area is 185 Å². The molecule has 1 aliphatic rings. The van der Waals surface area contributed by atoms with E-state index in [1.165, 1.54) is 16.4 Å². The van der Waals surface area contributed by atoms with Gasteiger partial charge in [0.1, 0.15) is 0 Å². The molecule has 1 aromatic heterocycles. The molecule has 2 heterocycles. The lowest BCUT2D eigenvalue weighted by molar-refractivity contribution is -0.113. The number of aromatic amines is 1. The van der Waals surface area contributed by atoms with Gasteiger partial charge in [0.25, 0.3) is 5.56 Å². The molecule has 0 radical (unpaired) electrons. The van der Waals surface area contributed by atoms with Gasteiger partial charge in [-0.15, -0.1) is 0 Å². The number of hydrogen-bond donors (Lipinski definition) is 2. The molecule has 1 saturated heterocycles. The molecule has 0 unspecified atom stereocenters. The number of thioether (sulfide) groups is 1. The van der Waals surface area contributed by atoms with Gasteiger partial charge in [-0.3, -0.25) is 9.59 Å². The molecule has 1 amide bonds. The van der Waals surface area contributed by atoms with Crippen molar-refractivity contribution in [2.75, 3.05) is 37.4 Å². The zero-order valence-corrected chi connectivity index (χ0v) is 19.1. The number of ether oxygens (including phenoxy) is 1. The molecule has 0 atom stereocenters. The summed E-state index contributed by atoms with van der Waals surface area (Å²) in [5.41, 5.74) is 1.43. The van der Waals surface area contributed by atoms with Gasteiger partial charge >= 0.3 is 0 Å². The molecule has 1 fully saturated rings. The van der Waals surface area contributed by atoms with Gasteiger partial charge in [-0.2, -0.15) is 4.31 Å². The van der Waals surface area contributed by atoms with E-state index in [1.54, 1.807) is 19.1 Å². The number of sulfonamides is 1. The van der Waals surface area contributed by atoms with E-state index in [9.17, 15) is 18.0 Å². The number of aryl methyl sites for hydroxylation is 2. The van der Waals surface area contributed by atoms with Crippen LogP contribution in [0, 0.1) is 6.92 Å². The SMILES string of the molecule is CCCc1cc(=O)[nH]c(SCC(=O)Nc2ccc(C)c(S(=O)(=O)N3CCOCC3)c2)n1. The Morgan fingerprint density at radius 3 is 2.74 bits per heavy atom. The van der Waals surface area contributed by atoms with E-state index in [0.717, 1.165) is 18.2 Å². The number of hydrogen-bond acceptors (Lipinski definition) is 7. The van der Waals surface area contributed by atoms with E-state index in [0.29, 0.717) is 54.8 Å². The molecule has 0 bridgehead atoms. The Balaban J connectivity index is 1.68. The van der Waals surface area contributed by atoms with Gasteiger partial charge in [-0.05, 0) is 31.0 Å². The highest BCUT2D eigenvalue weighted by atomic mass is 32.2. The number of H-pyrrole nitrogens is 1. The minimum atomic E-state index is -3.67. The van der Waals surface area contributed by atoms with Crippen LogP contribution < -0.4 is 10.9 Å². The van der Waals surface area contributed by atoms with Crippen LogP contribution in [-0.4, -0.2) is 60.7 Å². The van der Waals surface area contributed by atoms with Crippen LogP contribution in [0.15, 0.2) is 39.1 Å². The zero-order valence-electron chi connectivity index (χ0n) is 17.5. The molecule has 2 aromatic rings. The second-order valence-corrected chi connectivity index (χ2v) is 10.00. The fourth-order valence-electron chi connectivity index (χ4n) is 3.15. The topological polar surface area (TPSA) is 121 Å². The highest BCUT2D eigenvalue weighted by Gasteiger charge is 2.28. The molecule has 2 N–H and O–H groups in total. The second-order valence-electron chi connectivity index (χ2n) is 7.13. The second kappa shape index (κ2) is 10.4. The molecule has 9 nitrogen and oxygen atoms in total. The van der Waals surface area contributed by atoms with Crippen molar-refractivity contribution in [3.05, 3.63) is 45.9 Å². The number of carbonyl (C=O) groups excluding carboxylic acids is 1. The molecule has 0 spiro atoms. The Bertz CT molecular complexity index is 1090. The highest BCUT2D eigenvalue weighted by Crippen LogP contribution is 2.24. The predicted molar refractivity (Wildman–Crippen MR) is 119 cm³/mol. The number of benzene rings is 1. The molecule has 3 rings (SSSR count). The summed E-state index contributed by atoms with van der Waals surface area (Å²) >= 11 is 1.12. The van der Waals surface area contributed by atoms with E-state index in [2.05, 4.69) is 15.3 Å². The van der Waals surface area contributed by atoms with Crippen LogP contribution in [-0.2, 0) is 26.0 Å². The number of nitrogens with one attached hydrogen (secondary N) is 2. The number of amides is 1. The Morgan fingerprint density at radius 1 is 1.29 bits per heavy atom. The summed E-state index contributed by atoms with van der Waals surface area (Å²) in [4.78, 5) is 31.3. The van der Waals surface area contributed by atoms with Gasteiger partial charge in [-0.25, -0.2) is 13.4 Å². The van der Waals surface area contributed by atoms with Crippen molar-refractivity contribution in [1.82, 2.24) is 14.3 Å². The number of morpholine rings is 1. The largest absolute Gasteiger partial charge is 0.379 e. The number of nitrogens with zero attached hydrogens (tertiary/aromatic N) is 2. The maximum Gasteiger partial charge on any atom is 0.251 e. The van der Waals surface area contributed by atoms with Crippen LogP contribution in [0.25, 0.3) is 0 Å². The molecule has 1 aliphatic heterocycles. The molecule has 31 heavy (non-hydrogen) atoms. The number of aromatic nitrogens is 2. The monoisotopic (exact) mass is 466 g/mol. The Morgan fingerprint density at radius 2 is 2.03 bits per heavy atom. The van der Waals surface area contributed by atoms with Crippen LogP contribution in [0.1, 0.15) is 24.6 Å². The summed E-state index contributed by atoms with van der Waals surface area (Å²) in [6.45, 7) is 5.05. The fourth-order valence-corrected chi connectivity index (χ4v) is 5.50. The first-order valence-corrected chi connectivity index (χ1v) is 12.4. The molecule has 1 aromatic carbocycles. The van der Waals surface area contributed by atoms with Crippen molar-refractivity contribution in [3.8, 4) is 0 Å². The lowest BCUT2D eigenvalue weighted by Crippen LogP contribution is -2.40. The van der Waals surface area contributed by atoms with Crippen molar-refractivity contribution in [2.45, 2.75) is 36.7 Å². The summed E-state index contributed by atoms with van der Waals surface area (Å²) in [5, 5.41) is 3.10. The van der Waals surface area contributed by atoms with Gasteiger partial charge < -0.3 is 15.0 Å². The van der Waals surface area contributed by atoms with Crippen LogP contribution in [0.4, 0.5) is 5.69 Å². The summed E-state index contributed by atoms with van der Waals surface area (Å²) < 4.78 is 32.6. The number of rotatable bonds is 8. The normalized spacial score (nSPS) is 15.0. The first kappa shape index (κ1) is 23.5. The Kier molecular flexibility index (Phi) is 7.87.